The Kier molecular flexibility index (Phi) is 4.42. The average Bonchev–Trinajstić information content (AvgIpc) is 2.56. The summed E-state index contributed by atoms with van der Waals surface area (Å²) in [6.07, 6.45) is 0. The van der Waals surface area contributed by atoms with Crippen molar-refractivity contribution >= 4 is 5.95 Å². The van der Waals surface area contributed by atoms with E-state index in [4.69, 9.17) is 10.5 Å². The quantitative estimate of drug-likeness (QED) is 0.750. The van der Waals surface area contributed by atoms with Crippen LogP contribution in [0.5, 0.6) is 11.6 Å². The van der Waals surface area contributed by atoms with Crippen LogP contribution in [0.4, 0.5) is 10.3 Å². The molecule has 0 radical (unpaired) electrons. The van der Waals surface area contributed by atoms with Crippen LogP contribution in [0.15, 0.2) is 54.6 Å². The maximum absolute atomic E-state index is 13.8. The average molecular weight is 323 g/mol. The first-order valence-corrected chi connectivity index (χ1v) is 7.71. The van der Waals surface area contributed by atoms with Crippen LogP contribution in [0.2, 0.25) is 0 Å². The topological polar surface area (TPSA) is 61.0 Å². The van der Waals surface area contributed by atoms with E-state index in [-0.39, 0.29) is 17.6 Å². The lowest BCUT2D eigenvalue weighted by Gasteiger charge is -2.13. The molecule has 1 aromatic heterocycles. The minimum absolute atomic E-state index is 0.0809. The van der Waals surface area contributed by atoms with Crippen LogP contribution in [0.1, 0.15) is 25.3 Å². The van der Waals surface area contributed by atoms with Crippen molar-refractivity contribution in [2.24, 2.45) is 0 Å². The highest BCUT2D eigenvalue weighted by atomic mass is 19.1. The molecule has 5 heteroatoms. The van der Waals surface area contributed by atoms with Gasteiger partial charge in [0.2, 0.25) is 11.8 Å². The van der Waals surface area contributed by atoms with E-state index in [1.807, 2.05) is 18.2 Å². The molecule has 0 bridgehead atoms. The number of para-hydroxylation sites is 1. The third-order valence-corrected chi connectivity index (χ3v) is 3.63. The molecule has 0 aliphatic heterocycles. The zero-order chi connectivity index (χ0) is 17.1. The van der Waals surface area contributed by atoms with E-state index in [0.29, 0.717) is 11.6 Å². The van der Waals surface area contributed by atoms with Gasteiger partial charge in [0.25, 0.3) is 0 Å². The molecule has 0 saturated carbocycles. The molecule has 0 fully saturated rings. The van der Waals surface area contributed by atoms with E-state index in [9.17, 15) is 4.39 Å². The van der Waals surface area contributed by atoms with Gasteiger partial charge in [-0.2, -0.15) is 4.98 Å². The predicted octanol–water partition coefficient (Wildman–Crippen LogP) is 4.78. The first-order valence-electron chi connectivity index (χ1n) is 7.71. The summed E-state index contributed by atoms with van der Waals surface area (Å²) in [7, 11) is 0. The first kappa shape index (κ1) is 15.9. The van der Waals surface area contributed by atoms with Crippen molar-refractivity contribution in [3.05, 3.63) is 66.0 Å². The van der Waals surface area contributed by atoms with Gasteiger partial charge in [-0.3, -0.25) is 0 Å². The Bertz CT molecular complexity index is 865. The second kappa shape index (κ2) is 6.66. The molecule has 0 aliphatic rings. The van der Waals surface area contributed by atoms with Gasteiger partial charge in [-0.1, -0.05) is 50.2 Å². The highest BCUT2D eigenvalue weighted by Crippen LogP contribution is 2.31. The van der Waals surface area contributed by atoms with Crippen molar-refractivity contribution in [3.8, 4) is 22.9 Å². The first-order chi connectivity index (χ1) is 11.5. The smallest absolute Gasteiger partial charge is 0.224 e. The van der Waals surface area contributed by atoms with Crippen LogP contribution >= 0.6 is 0 Å². The normalized spacial score (nSPS) is 10.8. The molecule has 0 spiro atoms. The molecule has 24 heavy (non-hydrogen) atoms. The van der Waals surface area contributed by atoms with Crippen molar-refractivity contribution in [1.82, 2.24) is 9.97 Å². The Morgan fingerprint density at radius 1 is 1.00 bits per heavy atom. The zero-order valence-electron chi connectivity index (χ0n) is 13.5. The Morgan fingerprint density at radius 2 is 1.71 bits per heavy atom. The number of nitrogens with two attached hydrogens (primary N) is 1. The summed E-state index contributed by atoms with van der Waals surface area (Å²) in [5, 5.41) is 0. The lowest BCUT2D eigenvalue weighted by atomic mass is 9.95. The highest BCUT2D eigenvalue weighted by Gasteiger charge is 2.13. The SMILES string of the molecule is CC(C)c1ccccc1-c1cc(Oc2ccccc2F)nc(N)n1. The Labute approximate surface area is 140 Å². The van der Waals surface area contributed by atoms with Crippen LogP contribution in [-0.4, -0.2) is 9.97 Å². The third kappa shape index (κ3) is 3.35. The molecule has 2 aromatic carbocycles. The lowest BCUT2D eigenvalue weighted by molar-refractivity contribution is 0.427. The Balaban J connectivity index is 2.03. The minimum atomic E-state index is -0.459. The fraction of sp³-hybridized carbons (Fsp3) is 0.158. The molecule has 0 unspecified atom stereocenters. The molecular weight excluding hydrogens is 305 g/mol. The largest absolute Gasteiger partial charge is 0.436 e. The summed E-state index contributed by atoms with van der Waals surface area (Å²) < 4.78 is 19.3. The van der Waals surface area contributed by atoms with E-state index >= 15 is 0 Å². The number of rotatable bonds is 4. The van der Waals surface area contributed by atoms with E-state index in [1.54, 1.807) is 18.2 Å². The van der Waals surface area contributed by atoms with Crippen molar-refractivity contribution in [1.29, 1.82) is 0 Å². The maximum Gasteiger partial charge on any atom is 0.224 e. The number of aromatic nitrogens is 2. The number of hydrogen-bond acceptors (Lipinski definition) is 4. The summed E-state index contributed by atoms with van der Waals surface area (Å²) in [5.74, 6) is 0.254. The minimum Gasteiger partial charge on any atom is -0.436 e. The second-order valence-electron chi connectivity index (χ2n) is 5.72. The monoisotopic (exact) mass is 323 g/mol. The van der Waals surface area contributed by atoms with E-state index < -0.39 is 5.82 Å². The standard InChI is InChI=1S/C19H18FN3O/c1-12(2)13-7-3-4-8-14(13)16-11-18(23-19(21)22-16)24-17-10-6-5-9-15(17)20/h3-12H,1-2H3,(H2,21,22,23). The second-order valence-corrected chi connectivity index (χ2v) is 5.72. The van der Waals surface area contributed by atoms with Gasteiger partial charge >= 0.3 is 0 Å². The molecule has 1 heterocycles. The van der Waals surface area contributed by atoms with Crippen LogP contribution in [0.25, 0.3) is 11.3 Å². The molecule has 3 aromatic rings. The number of nitrogen functional groups attached to an aromatic ring is 1. The van der Waals surface area contributed by atoms with Gasteiger partial charge < -0.3 is 10.5 Å². The molecule has 0 aliphatic carbocycles. The molecule has 4 nitrogen and oxygen atoms in total. The van der Waals surface area contributed by atoms with Gasteiger partial charge in [0.1, 0.15) is 0 Å². The highest BCUT2D eigenvalue weighted by molar-refractivity contribution is 5.66. The van der Waals surface area contributed by atoms with Crippen molar-refractivity contribution < 1.29 is 9.13 Å². The van der Waals surface area contributed by atoms with E-state index in [1.165, 1.54) is 12.1 Å². The predicted molar refractivity (Wildman–Crippen MR) is 92.4 cm³/mol. The number of nitrogens with zero attached hydrogens (tertiary/aromatic N) is 2. The van der Waals surface area contributed by atoms with Gasteiger partial charge in [-0.15, -0.1) is 0 Å². The Hall–Kier alpha value is -2.95. The van der Waals surface area contributed by atoms with Gasteiger partial charge in [0, 0.05) is 11.6 Å². The lowest BCUT2D eigenvalue weighted by Crippen LogP contribution is -2.01. The summed E-state index contributed by atoms with van der Waals surface area (Å²) in [6.45, 7) is 4.22. The fourth-order valence-electron chi connectivity index (χ4n) is 2.51. The summed E-state index contributed by atoms with van der Waals surface area (Å²) in [4.78, 5) is 8.35. The summed E-state index contributed by atoms with van der Waals surface area (Å²) >= 11 is 0. The summed E-state index contributed by atoms with van der Waals surface area (Å²) in [6, 6.07) is 15.8. The van der Waals surface area contributed by atoms with E-state index in [0.717, 1.165) is 11.1 Å². The number of halogens is 1. The summed E-state index contributed by atoms with van der Waals surface area (Å²) in [5.41, 5.74) is 8.57. The molecular formula is C19H18FN3O. The number of ether oxygens (including phenoxy) is 1. The van der Waals surface area contributed by atoms with Crippen molar-refractivity contribution in [2.45, 2.75) is 19.8 Å². The molecule has 0 atom stereocenters. The number of hydrogen-bond donors (Lipinski definition) is 1. The Morgan fingerprint density at radius 3 is 2.46 bits per heavy atom. The zero-order valence-corrected chi connectivity index (χ0v) is 13.5. The molecule has 122 valence electrons. The van der Waals surface area contributed by atoms with Crippen molar-refractivity contribution in [2.75, 3.05) is 5.73 Å². The maximum atomic E-state index is 13.8. The molecule has 2 N–H and O–H groups in total. The van der Waals surface area contributed by atoms with Gasteiger partial charge in [0.15, 0.2) is 11.6 Å². The van der Waals surface area contributed by atoms with Crippen LogP contribution in [0.3, 0.4) is 0 Å². The molecule has 0 amide bonds. The van der Waals surface area contributed by atoms with Crippen molar-refractivity contribution in [3.63, 3.8) is 0 Å². The number of anilines is 1. The van der Waals surface area contributed by atoms with Crippen LogP contribution < -0.4 is 10.5 Å². The van der Waals surface area contributed by atoms with E-state index in [2.05, 4.69) is 29.9 Å². The molecule has 0 saturated heterocycles. The van der Waals surface area contributed by atoms with Crippen LogP contribution in [0, 0.1) is 5.82 Å². The number of benzene rings is 2. The fourth-order valence-corrected chi connectivity index (χ4v) is 2.51. The van der Waals surface area contributed by atoms with Gasteiger partial charge in [-0.05, 0) is 23.6 Å². The third-order valence-electron chi connectivity index (χ3n) is 3.63. The molecule has 3 rings (SSSR count). The van der Waals surface area contributed by atoms with Gasteiger partial charge in [0.05, 0.1) is 5.69 Å². The van der Waals surface area contributed by atoms with Gasteiger partial charge in [-0.25, -0.2) is 9.37 Å². The van der Waals surface area contributed by atoms with Crippen LogP contribution in [-0.2, 0) is 0 Å².